The maximum atomic E-state index is 14.6. The van der Waals surface area contributed by atoms with Crippen LogP contribution < -0.4 is 5.32 Å². The summed E-state index contributed by atoms with van der Waals surface area (Å²) in [6.45, 7) is 5.84. The molecule has 4 nitrogen and oxygen atoms in total. The van der Waals surface area contributed by atoms with Gasteiger partial charge in [0.15, 0.2) is 0 Å². The highest BCUT2D eigenvalue weighted by Gasteiger charge is 2.31. The van der Waals surface area contributed by atoms with Crippen molar-refractivity contribution in [3.8, 4) is 0 Å². The topological polar surface area (TPSA) is 49.4 Å². The van der Waals surface area contributed by atoms with E-state index >= 15 is 0 Å². The molecule has 0 saturated heterocycles. The SMILES string of the molecule is Cc1ccc(CSCC(=O)N(Cc2ccccc2F)[C@@H](Cc2ccccc2)C(=O)NC(C)C)cc1. The summed E-state index contributed by atoms with van der Waals surface area (Å²) in [4.78, 5) is 28.4. The van der Waals surface area contributed by atoms with E-state index in [0.29, 0.717) is 17.7 Å². The van der Waals surface area contributed by atoms with E-state index in [1.807, 2.05) is 63.2 Å². The number of aryl methyl sites for hydroxylation is 1. The number of halogens is 1. The van der Waals surface area contributed by atoms with Gasteiger partial charge in [0.05, 0.1) is 5.75 Å². The second-order valence-electron chi connectivity index (χ2n) is 8.96. The Kier molecular flexibility index (Phi) is 9.91. The summed E-state index contributed by atoms with van der Waals surface area (Å²) < 4.78 is 14.6. The molecule has 3 aromatic rings. The van der Waals surface area contributed by atoms with Crippen molar-refractivity contribution in [1.82, 2.24) is 10.2 Å². The van der Waals surface area contributed by atoms with Gasteiger partial charge in [-0.05, 0) is 38.0 Å². The molecule has 0 saturated carbocycles. The summed E-state index contributed by atoms with van der Waals surface area (Å²) in [5.41, 5.74) is 3.65. The van der Waals surface area contributed by atoms with Crippen molar-refractivity contribution in [2.24, 2.45) is 0 Å². The van der Waals surface area contributed by atoms with Gasteiger partial charge in [0.1, 0.15) is 11.9 Å². The van der Waals surface area contributed by atoms with Crippen molar-refractivity contribution in [3.05, 3.63) is 107 Å². The molecule has 0 aliphatic carbocycles. The van der Waals surface area contributed by atoms with E-state index in [2.05, 4.69) is 17.4 Å². The molecule has 0 unspecified atom stereocenters. The predicted molar refractivity (Wildman–Crippen MR) is 142 cm³/mol. The van der Waals surface area contributed by atoms with Gasteiger partial charge in [-0.2, -0.15) is 0 Å². The first-order valence-electron chi connectivity index (χ1n) is 11.8. The second kappa shape index (κ2) is 13.1. The number of benzene rings is 3. The summed E-state index contributed by atoms with van der Waals surface area (Å²) in [5, 5.41) is 2.95. The van der Waals surface area contributed by atoms with Crippen LogP contribution in [0.25, 0.3) is 0 Å². The second-order valence-corrected chi connectivity index (χ2v) is 9.95. The molecule has 2 amide bonds. The van der Waals surface area contributed by atoms with Crippen LogP contribution >= 0.6 is 11.8 Å². The van der Waals surface area contributed by atoms with E-state index in [1.54, 1.807) is 18.2 Å². The van der Waals surface area contributed by atoms with Crippen molar-refractivity contribution < 1.29 is 14.0 Å². The minimum absolute atomic E-state index is 0.0274. The molecule has 0 bridgehead atoms. The van der Waals surface area contributed by atoms with Crippen LogP contribution in [0.1, 0.15) is 36.1 Å². The molecule has 0 aromatic heterocycles. The fourth-order valence-electron chi connectivity index (χ4n) is 3.77. The zero-order valence-electron chi connectivity index (χ0n) is 20.5. The van der Waals surface area contributed by atoms with Crippen LogP contribution in [0.15, 0.2) is 78.9 Å². The van der Waals surface area contributed by atoms with Crippen molar-refractivity contribution in [2.45, 2.75) is 51.6 Å². The Bertz CT molecular complexity index is 1100. The first kappa shape index (κ1) is 26.5. The number of hydrogen-bond donors (Lipinski definition) is 1. The van der Waals surface area contributed by atoms with Crippen LogP contribution in [-0.4, -0.2) is 34.6 Å². The number of hydrogen-bond acceptors (Lipinski definition) is 3. The fraction of sp³-hybridized carbons (Fsp3) is 0.310. The first-order valence-corrected chi connectivity index (χ1v) is 13.0. The minimum atomic E-state index is -0.758. The van der Waals surface area contributed by atoms with Gasteiger partial charge in [0.2, 0.25) is 11.8 Å². The Labute approximate surface area is 211 Å². The number of carbonyl (C=O) groups excluding carboxylic acids is 2. The summed E-state index contributed by atoms with van der Waals surface area (Å²) in [7, 11) is 0. The van der Waals surface area contributed by atoms with Crippen LogP contribution in [0.2, 0.25) is 0 Å². The van der Waals surface area contributed by atoms with Crippen molar-refractivity contribution >= 4 is 23.6 Å². The van der Waals surface area contributed by atoms with Gasteiger partial charge >= 0.3 is 0 Å². The average molecular weight is 493 g/mol. The molecule has 0 heterocycles. The fourth-order valence-corrected chi connectivity index (χ4v) is 4.64. The zero-order chi connectivity index (χ0) is 25.2. The number of nitrogens with zero attached hydrogens (tertiary/aromatic N) is 1. The van der Waals surface area contributed by atoms with E-state index in [9.17, 15) is 14.0 Å². The van der Waals surface area contributed by atoms with Crippen LogP contribution in [0.5, 0.6) is 0 Å². The lowest BCUT2D eigenvalue weighted by Crippen LogP contribution is -2.52. The Balaban J connectivity index is 1.85. The zero-order valence-corrected chi connectivity index (χ0v) is 21.4. The van der Waals surface area contributed by atoms with E-state index in [4.69, 9.17) is 0 Å². The number of rotatable bonds is 11. The van der Waals surface area contributed by atoms with Crippen molar-refractivity contribution in [2.75, 3.05) is 5.75 Å². The number of nitrogens with one attached hydrogen (secondary N) is 1. The number of amides is 2. The lowest BCUT2D eigenvalue weighted by atomic mass is 10.0. The molecular formula is C29H33FN2O2S. The Morgan fingerprint density at radius 2 is 1.57 bits per heavy atom. The molecule has 1 atom stereocenters. The van der Waals surface area contributed by atoms with Gasteiger partial charge in [-0.1, -0.05) is 78.4 Å². The third-order valence-corrected chi connectivity index (χ3v) is 6.60. The summed E-state index contributed by atoms with van der Waals surface area (Å²) in [6.07, 6.45) is 0.349. The molecule has 0 aliphatic rings. The van der Waals surface area contributed by atoms with Gasteiger partial charge < -0.3 is 10.2 Å². The summed E-state index contributed by atoms with van der Waals surface area (Å²) in [6, 6.07) is 23.4. The Morgan fingerprint density at radius 1 is 0.914 bits per heavy atom. The van der Waals surface area contributed by atoms with Crippen LogP contribution in [0.3, 0.4) is 0 Å². The molecule has 6 heteroatoms. The Hall–Kier alpha value is -3.12. The monoisotopic (exact) mass is 492 g/mol. The highest BCUT2D eigenvalue weighted by molar-refractivity contribution is 7.99. The molecule has 0 fully saturated rings. The lowest BCUT2D eigenvalue weighted by Gasteiger charge is -2.32. The van der Waals surface area contributed by atoms with Gasteiger partial charge in [-0.25, -0.2) is 4.39 Å². The van der Waals surface area contributed by atoms with Crippen LogP contribution in [0, 0.1) is 12.7 Å². The molecular weight excluding hydrogens is 459 g/mol. The molecule has 3 aromatic carbocycles. The molecule has 3 rings (SSSR count). The number of carbonyl (C=O) groups is 2. The third-order valence-electron chi connectivity index (χ3n) is 5.62. The average Bonchev–Trinajstić information content (AvgIpc) is 2.83. The smallest absolute Gasteiger partial charge is 0.243 e. The number of thioether (sulfide) groups is 1. The standard InChI is InChI=1S/C29H33FN2O2S/c1-21(2)31-29(34)27(17-23-9-5-4-6-10-23)32(18-25-11-7-8-12-26(25)30)28(33)20-35-19-24-15-13-22(3)14-16-24/h4-16,21,27H,17-20H2,1-3H3,(H,31,34)/t27-/m0/s1. The third kappa shape index (κ3) is 8.25. The molecule has 0 spiro atoms. The summed E-state index contributed by atoms with van der Waals surface area (Å²) >= 11 is 1.50. The van der Waals surface area contributed by atoms with Gasteiger partial charge in [0.25, 0.3) is 0 Å². The lowest BCUT2D eigenvalue weighted by molar-refractivity contribution is -0.139. The van der Waals surface area contributed by atoms with Crippen LogP contribution in [-0.2, 0) is 28.3 Å². The van der Waals surface area contributed by atoms with E-state index < -0.39 is 6.04 Å². The molecule has 0 aliphatic heterocycles. The summed E-state index contributed by atoms with van der Waals surface area (Å²) in [5.74, 6) is 0.0616. The van der Waals surface area contributed by atoms with Crippen LogP contribution in [0.4, 0.5) is 4.39 Å². The predicted octanol–water partition coefficient (Wildman–Crippen LogP) is 5.53. The van der Waals surface area contributed by atoms with Gasteiger partial charge in [0, 0.05) is 30.3 Å². The van der Waals surface area contributed by atoms with E-state index in [-0.39, 0.29) is 36.0 Å². The molecule has 0 radical (unpaired) electrons. The maximum Gasteiger partial charge on any atom is 0.243 e. The van der Waals surface area contributed by atoms with Crippen molar-refractivity contribution in [1.29, 1.82) is 0 Å². The molecule has 184 valence electrons. The normalized spacial score (nSPS) is 11.8. The van der Waals surface area contributed by atoms with E-state index in [0.717, 1.165) is 11.1 Å². The van der Waals surface area contributed by atoms with Gasteiger partial charge in [-0.3, -0.25) is 9.59 Å². The maximum absolute atomic E-state index is 14.6. The molecule has 35 heavy (non-hydrogen) atoms. The highest BCUT2D eigenvalue weighted by atomic mass is 32.2. The highest BCUT2D eigenvalue weighted by Crippen LogP contribution is 2.20. The van der Waals surface area contributed by atoms with Gasteiger partial charge in [-0.15, -0.1) is 11.8 Å². The quantitative estimate of drug-likeness (QED) is 0.383. The minimum Gasteiger partial charge on any atom is -0.352 e. The van der Waals surface area contributed by atoms with Crippen molar-refractivity contribution in [3.63, 3.8) is 0 Å². The Morgan fingerprint density at radius 3 is 2.23 bits per heavy atom. The first-order chi connectivity index (χ1) is 16.8. The largest absolute Gasteiger partial charge is 0.352 e. The van der Waals surface area contributed by atoms with E-state index in [1.165, 1.54) is 28.3 Å². The molecule has 1 N–H and O–H groups in total.